The summed E-state index contributed by atoms with van der Waals surface area (Å²) in [4.78, 5) is 26.6. The minimum atomic E-state index is -0.507. The van der Waals surface area contributed by atoms with Gasteiger partial charge in [-0.2, -0.15) is 5.10 Å². The fourth-order valence-electron chi connectivity index (χ4n) is 4.49. The third-order valence-electron chi connectivity index (χ3n) is 6.45. The molecule has 10 heteroatoms. The Morgan fingerprint density at radius 3 is 2.88 bits per heavy atom. The predicted molar refractivity (Wildman–Crippen MR) is 126 cm³/mol. The molecule has 0 unspecified atom stereocenters. The van der Waals surface area contributed by atoms with Crippen molar-refractivity contribution in [2.75, 3.05) is 18.8 Å². The summed E-state index contributed by atoms with van der Waals surface area (Å²) >= 11 is 0. The molecule has 1 fully saturated rings. The first-order valence-electron chi connectivity index (χ1n) is 10.8. The molecule has 0 saturated carbocycles. The Bertz CT molecular complexity index is 1560. The zero-order chi connectivity index (χ0) is 24.2. The summed E-state index contributed by atoms with van der Waals surface area (Å²) in [7, 11) is 1.75. The molecule has 3 aromatic heterocycles. The summed E-state index contributed by atoms with van der Waals surface area (Å²) in [6, 6.07) is 1.76. The second-order valence-electron chi connectivity index (χ2n) is 8.77. The number of aromatic nitrogens is 6. The average molecular weight is 459 g/mol. The van der Waals surface area contributed by atoms with Gasteiger partial charge in [-0.1, -0.05) is 12.5 Å². The van der Waals surface area contributed by atoms with E-state index < -0.39 is 5.54 Å². The molecule has 1 atom stereocenters. The highest BCUT2D eigenvalue weighted by Gasteiger charge is 2.39. The number of nitrogens with two attached hydrogens (primary N) is 1. The van der Waals surface area contributed by atoms with E-state index in [2.05, 4.69) is 33.4 Å². The minimum absolute atomic E-state index is 0.128. The number of fused-ring (bicyclic) bond motifs is 2. The molecule has 172 valence electrons. The molecule has 1 amide bonds. The van der Waals surface area contributed by atoms with E-state index in [9.17, 15) is 9.18 Å². The van der Waals surface area contributed by atoms with Gasteiger partial charge >= 0.3 is 0 Å². The highest BCUT2D eigenvalue weighted by atomic mass is 19.1. The number of nitrogens with zero attached hydrogens (tertiary/aromatic N) is 7. The fourth-order valence-corrected chi connectivity index (χ4v) is 4.49. The number of likely N-dealkylation sites (tertiary alicyclic amines) is 1. The number of hydrogen-bond donors (Lipinski definition) is 1. The number of hydrogen-bond acceptors (Lipinski definition) is 6. The van der Waals surface area contributed by atoms with E-state index in [-0.39, 0.29) is 17.5 Å². The van der Waals surface area contributed by atoms with Gasteiger partial charge in [0, 0.05) is 31.3 Å². The van der Waals surface area contributed by atoms with Crippen molar-refractivity contribution in [1.82, 2.24) is 34.2 Å². The van der Waals surface area contributed by atoms with Crippen molar-refractivity contribution in [3.63, 3.8) is 0 Å². The lowest BCUT2D eigenvalue weighted by Crippen LogP contribution is -2.36. The molecule has 0 radical (unpaired) electrons. The van der Waals surface area contributed by atoms with E-state index in [0.29, 0.717) is 58.4 Å². The SMILES string of the molecule is C=CC(=O)N1CC[C@](C)(n2nc(C#Cc3cc4ncn(C)c4c(F)c3C)c3c(N)ncnc32)C1. The van der Waals surface area contributed by atoms with Crippen molar-refractivity contribution in [3.8, 4) is 11.8 Å². The quantitative estimate of drug-likeness (QED) is 0.365. The van der Waals surface area contributed by atoms with Crippen LogP contribution in [0.1, 0.15) is 30.2 Å². The van der Waals surface area contributed by atoms with Crippen LogP contribution in [0.4, 0.5) is 10.2 Å². The zero-order valence-corrected chi connectivity index (χ0v) is 19.1. The smallest absolute Gasteiger partial charge is 0.246 e. The number of aryl methyl sites for hydroxylation is 1. The van der Waals surface area contributed by atoms with Crippen molar-refractivity contribution in [2.45, 2.75) is 25.8 Å². The lowest BCUT2D eigenvalue weighted by molar-refractivity contribution is -0.125. The van der Waals surface area contributed by atoms with Crippen LogP contribution in [-0.4, -0.2) is 53.2 Å². The summed E-state index contributed by atoms with van der Waals surface area (Å²) in [6.45, 7) is 8.30. The number of carbonyl (C=O) groups is 1. The van der Waals surface area contributed by atoms with Gasteiger partial charge in [0.05, 0.1) is 22.8 Å². The summed E-state index contributed by atoms with van der Waals surface area (Å²) in [5.74, 6) is 5.86. The molecule has 1 aliphatic rings. The molecule has 0 spiro atoms. The molecular weight excluding hydrogens is 435 g/mol. The molecule has 34 heavy (non-hydrogen) atoms. The molecule has 5 rings (SSSR count). The fraction of sp³-hybridized carbons (Fsp3) is 0.292. The lowest BCUT2D eigenvalue weighted by atomic mass is 10.0. The monoisotopic (exact) mass is 458 g/mol. The van der Waals surface area contributed by atoms with Crippen LogP contribution in [0.3, 0.4) is 0 Å². The van der Waals surface area contributed by atoms with Gasteiger partial charge in [-0.25, -0.2) is 24.0 Å². The first kappa shape index (κ1) is 21.6. The molecule has 2 N–H and O–H groups in total. The summed E-state index contributed by atoms with van der Waals surface area (Å²) < 4.78 is 18.4. The Kier molecular flexibility index (Phi) is 4.86. The number of halogens is 1. The number of rotatable bonds is 2. The van der Waals surface area contributed by atoms with Crippen LogP contribution in [0.5, 0.6) is 0 Å². The van der Waals surface area contributed by atoms with E-state index in [1.165, 1.54) is 12.4 Å². The van der Waals surface area contributed by atoms with Crippen molar-refractivity contribution in [3.05, 3.63) is 54.0 Å². The molecule has 0 bridgehead atoms. The van der Waals surface area contributed by atoms with Gasteiger partial charge in [-0.15, -0.1) is 0 Å². The number of carbonyl (C=O) groups excluding carboxylic acids is 1. The minimum Gasteiger partial charge on any atom is -0.383 e. The maximum atomic E-state index is 15.0. The van der Waals surface area contributed by atoms with Crippen LogP contribution in [0.25, 0.3) is 22.1 Å². The van der Waals surface area contributed by atoms with Gasteiger partial charge in [0.2, 0.25) is 5.91 Å². The normalized spacial score (nSPS) is 17.8. The van der Waals surface area contributed by atoms with E-state index in [4.69, 9.17) is 10.8 Å². The Hall–Kier alpha value is -4.26. The number of amides is 1. The number of nitrogen functional groups attached to an aromatic ring is 1. The second-order valence-corrected chi connectivity index (χ2v) is 8.77. The highest BCUT2D eigenvalue weighted by Crippen LogP contribution is 2.33. The van der Waals surface area contributed by atoms with Gasteiger partial charge in [0.15, 0.2) is 11.5 Å². The van der Waals surface area contributed by atoms with Gasteiger partial charge in [-0.05, 0) is 38.3 Å². The Morgan fingerprint density at radius 1 is 1.32 bits per heavy atom. The van der Waals surface area contributed by atoms with Crippen LogP contribution >= 0.6 is 0 Å². The van der Waals surface area contributed by atoms with Crippen LogP contribution in [-0.2, 0) is 17.4 Å². The molecule has 4 heterocycles. The second kappa shape index (κ2) is 7.66. The van der Waals surface area contributed by atoms with Crippen LogP contribution < -0.4 is 5.73 Å². The Balaban J connectivity index is 1.63. The standard InChI is InChI=1S/C24H23FN8O/c1-5-18(34)32-9-8-24(3,11-32)33-23-19(22(26)27-12-28-23)16(30-33)7-6-15-10-17-21(20(25)14(15)2)31(4)13-29-17/h5,10,12-13H,1,8-9,11H2,2-4H3,(H2,26,27,28)/t24-/m0/s1. The maximum Gasteiger partial charge on any atom is 0.246 e. The molecule has 1 aromatic carbocycles. The topological polar surface area (TPSA) is 108 Å². The molecule has 1 aliphatic heterocycles. The Morgan fingerprint density at radius 2 is 2.12 bits per heavy atom. The molecule has 9 nitrogen and oxygen atoms in total. The summed E-state index contributed by atoms with van der Waals surface area (Å²) in [5.41, 5.74) is 8.51. The summed E-state index contributed by atoms with van der Waals surface area (Å²) in [5, 5.41) is 5.27. The lowest BCUT2D eigenvalue weighted by Gasteiger charge is -2.25. The molecule has 0 aliphatic carbocycles. The van der Waals surface area contributed by atoms with E-state index >= 15 is 0 Å². The van der Waals surface area contributed by atoms with Gasteiger partial charge in [0.1, 0.15) is 23.4 Å². The van der Waals surface area contributed by atoms with Crippen LogP contribution in [0, 0.1) is 24.6 Å². The zero-order valence-electron chi connectivity index (χ0n) is 19.1. The van der Waals surface area contributed by atoms with E-state index in [1.54, 1.807) is 40.5 Å². The maximum absolute atomic E-state index is 15.0. The predicted octanol–water partition coefficient (Wildman–Crippen LogP) is 2.28. The van der Waals surface area contributed by atoms with Crippen LogP contribution in [0.2, 0.25) is 0 Å². The molecule has 1 saturated heterocycles. The van der Waals surface area contributed by atoms with Gasteiger partial charge in [-0.3, -0.25) is 4.79 Å². The first-order valence-corrected chi connectivity index (χ1v) is 10.8. The molecule has 4 aromatic rings. The van der Waals surface area contributed by atoms with Crippen LogP contribution in [0.15, 0.2) is 31.4 Å². The average Bonchev–Trinajstić information content (AvgIpc) is 3.51. The number of imidazole rings is 1. The van der Waals surface area contributed by atoms with Crippen molar-refractivity contribution in [2.24, 2.45) is 7.05 Å². The highest BCUT2D eigenvalue weighted by molar-refractivity contribution is 5.91. The third-order valence-corrected chi connectivity index (χ3v) is 6.45. The van der Waals surface area contributed by atoms with Gasteiger partial charge in [0.25, 0.3) is 0 Å². The largest absolute Gasteiger partial charge is 0.383 e. The third kappa shape index (κ3) is 3.20. The summed E-state index contributed by atoms with van der Waals surface area (Å²) in [6.07, 6.45) is 4.94. The first-order chi connectivity index (χ1) is 16.2. The van der Waals surface area contributed by atoms with E-state index in [0.717, 1.165) is 0 Å². The Labute approximate surface area is 195 Å². The number of anilines is 1. The van der Waals surface area contributed by atoms with Crippen molar-refractivity contribution >= 4 is 33.8 Å². The van der Waals surface area contributed by atoms with E-state index in [1.807, 2.05) is 6.92 Å². The van der Waals surface area contributed by atoms with Crippen molar-refractivity contribution < 1.29 is 9.18 Å². The number of benzene rings is 1. The van der Waals surface area contributed by atoms with Crippen molar-refractivity contribution in [1.29, 1.82) is 0 Å². The van der Waals surface area contributed by atoms with Gasteiger partial charge < -0.3 is 15.2 Å². The molecular formula is C24H23FN8O.